The molecule has 0 unspecified atom stereocenters. The van der Waals surface area contributed by atoms with E-state index in [1.54, 1.807) is 0 Å². The van der Waals surface area contributed by atoms with E-state index in [0.29, 0.717) is 17.7 Å². The number of benzene rings is 2. The fourth-order valence-corrected chi connectivity index (χ4v) is 6.88. The van der Waals surface area contributed by atoms with Crippen LogP contribution in [0.1, 0.15) is 18.0 Å². The Morgan fingerprint density at radius 2 is 1.40 bits per heavy atom. The van der Waals surface area contributed by atoms with Crippen LogP contribution in [-0.4, -0.2) is 20.3 Å². The average molecular weight is 282 g/mol. The quantitative estimate of drug-likeness (QED) is 0.615. The molecule has 0 saturated carbocycles. The molecule has 0 amide bonds. The molecule has 1 saturated heterocycles. The van der Waals surface area contributed by atoms with Crippen molar-refractivity contribution in [2.45, 2.75) is 37.8 Å². The molecule has 1 aliphatic heterocycles. The molecule has 0 aromatic heterocycles. The van der Waals surface area contributed by atoms with E-state index in [9.17, 15) is 0 Å². The zero-order valence-corrected chi connectivity index (χ0v) is 13.4. The van der Waals surface area contributed by atoms with E-state index in [0.717, 1.165) is 0 Å². The highest BCUT2D eigenvalue weighted by atomic mass is 28.3. The summed E-state index contributed by atoms with van der Waals surface area (Å²) in [7, 11) is -1.62. The van der Waals surface area contributed by atoms with Gasteiger partial charge in [0.15, 0.2) is 0 Å². The monoisotopic (exact) mass is 282 g/mol. The summed E-state index contributed by atoms with van der Waals surface area (Å²) in [6, 6.07) is 21.9. The first-order valence-electron chi connectivity index (χ1n) is 7.36. The molecule has 3 atom stereocenters. The maximum absolute atomic E-state index is 5.88. The molecule has 3 rings (SSSR count). The predicted molar refractivity (Wildman–Crippen MR) is 87.1 cm³/mol. The van der Waals surface area contributed by atoms with Crippen molar-refractivity contribution in [2.24, 2.45) is 0 Å². The van der Waals surface area contributed by atoms with Crippen LogP contribution in [0.3, 0.4) is 0 Å². The number of rotatable bonds is 4. The van der Waals surface area contributed by atoms with E-state index in [-0.39, 0.29) is 0 Å². The minimum Gasteiger partial charge on any atom is -0.370 e. The van der Waals surface area contributed by atoms with Crippen molar-refractivity contribution >= 4 is 13.3 Å². The molecule has 2 aromatic carbocycles. The summed E-state index contributed by atoms with van der Waals surface area (Å²) in [5.41, 5.74) is 1.96. The van der Waals surface area contributed by atoms with Gasteiger partial charge in [-0.3, -0.25) is 0 Å². The fraction of sp³-hybridized carbons (Fsp3) is 0.333. The Labute approximate surface area is 122 Å². The first-order chi connectivity index (χ1) is 9.60. The minimum atomic E-state index is -1.62. The first-order valence-corrected chi connectivity index (χ1v) is 10.4. The number of hydrogen-bond acceptors (Lipinski definition) is 1. The Morgan fingerprint density at radius 3 is 1.90 bits per heavy atom. The summed E-state index contributed by atoms with van der Waals surface area (Å²) < 4.78 is 5.88. The summed E-state index contributed by atoms with van der Waals surface area (Å²) >= 11 is 0. The van der Waals surface area contributed by atoms with Crippen LogP contribution in [0.4, 0.5) is 0 Å². The second-order valence-electron chi connectivity index (χ2n) is 6.28. The Hall–Kier alpha value is -1.38. The van der Waals surface area contributed by atoms with Gasteiger partial charge >= 0.3 is 0 Å². The standard InChI is InChI=1S/C18H22OSi/c1-14-17(19-14)18(15-10-6-4-7-11-15)20(2,3)16-12-8-5-9-13-16/h4-14,17-18H,1-3H3/t14-,17-,18+/m1/s1. The molecule has 2 heteroatoms. The third kappa shape index (κ3) is 2.46. The number of hydrogen-bond donors (Lipinski definition) is 0. The van der Waals surface area contributed by atoms with Crippen molar-refractivity contribution in [3.63, 3.8) is 0 Å². The van der Waals surface area contributed by atoms with Gasteiger partial charge in [-0.05, 0) is 12.5 Å². The number of epoxide rings is 1. The van der Waals surface area contributed by atoms with Crippen LogP contribution in [0, 0.1) is 0 Å². The lowest BCUT2D eigenvalue weighted by Crippen LogP contribution is -2.50. The van der Waals surface area contributed by atoms with Crippen LogP contribution in [0.15, 0.2) is 60.7 Å². The second kappa shape index (κ2) is 5.19. The Balaban J connectivity index is 2.02. The molecule has 0 radical (unpaired) electrons. The highest BCUT2D eigenvalue weighted by molar-refractivity contribution is 6.91. The van der Waals surface area contributed by atoms with Crippen molar-refractivity contribution in [3.05, 3.63) is 66.2 Å². The van der Waals surface area contributed by atoms with Gasteiger partial charge in [0.05, 0.1) is 20.3 Å². The topological polar surface area (TPSA) is 12.5 Å². The van der Waals surface area contributed by atoms with E-state index < -0.39 is 8.07 Å². The van der Waals surface area contributed by atoms with Gasteiger partial charge in [-0.1, -0.05) is 78.9 Å². The zero-order chi connectivity index (χ0) is 14.2. The summed E-state index contributed by atoms with van der Waals surface area (Å²) in [5, 5.41) is 1.51. The largest absolute Gasteiger partial charge is 0.370 e. The van der Waals surface area contributed by atoms with Gasteiger partial charge < -0.3 is 4.74 Å². The summed E-state index contributed by atoms with van der Waals surface area (Å²) in [5.74, 6) is 0. The molecule has 0 bridgehead atoms. The molecule has 0 aliphatic carbocycles. The predicted octanol–water partition coefficient (Wildman–Crippen LogP) is 3.71. The first kappa shape index (κ1) is 13.6. The lowest BCUT2D eigenvalue weighted by Gasteiger charge is -2.32. The maximum atomic E-state index is 5.88. The van der Waals surface area contributed by atoms with E-state index in [2.05, 4.69) is 80.7 Å². The summed E-state index contributed by atoms with van der Waals surface area (Å²) in [6.45, 7) is 7.12. The van der Waals surface area contributed by atoms with Crippen molar-refractivity contribution in [2.75, 3.05) is 0 Å². The van der Waals surface area contributed by atoms with E-state index in [1.807, 2.05) is 0 Å². The smallest absolute Gasteiger partial charge is 0.0911 e. The minimum absolute atomic E-state index is 0.388. The van der Waals surface area contributed by atoms with Crippen LogP contribution < -0.4 is 5.19 Å². The molecule has 1 heterocycles. The van der Waals surface area contributed by atoms with Crippen LogP contribution in [0.2, 0.25) is 13.1 Å². The molecular formula is C18H22OSi. The van der Waals surface area contributed by atoms with E-state index >= 15 is 0 Å². The third-order valence-electron chi connectivity index (χ3n) is 4.54. The molecule has 2 aromatic rings. The van der Waals surface area contributed by atoms with Gasteiger partial charge in [0.2, 0.25) is 0 Å². The number of ether oxygens (including phenoxy) is 1. The third-order valence-corrected chi connectivity index (χ3v) is 8.58. The van der Waals surface area contributed by atoms with E-state index in [1.165, 1.54) is 10.8 Å². The molecule has 20 heavy (non-hydrogen) atoms. The lowest BCUT2D eigenvalue weighted by atomic mass is 10.1. The molecule has 0 spiro atoms. The van der Waals surface area contributed by atoms with Crippen LogP contribution in [-0.2, 0) is 4.74 Å². The summed E-state index contributed by atoms with van der Waals surface area (Å²) in [6.07, 6.45) is 0.787. The van der Waals surface area contributed by atoms with Gasteiger partial charge in [-0.25, -0.2) is 0 Å². The van der Waals surface area contributed by atoms with Crippen LogP contribution in [0.5, 0.6) is 0 Å². The van der Waals surface area contributed by atoms with Crippen LogP contribution in [0.25, 0.3) is 0 Å². The average Bonchev–Trinajstić information content (AvgIpc) is 3.17. The Morgan fingerprint density at radius 1 is 0.900 bits per heavy atom. The van der Waals surface area contributed by atoms with Gasteiger partial charge in [0.25, 0.3) is 0 Å². The SMILES string of the molecule is C[C@H]1O[C@H]1[C@H](c1ccccc1)[Si](C)(C)c1ccccc1. The highest BCUT2D eigenvalue weighted by Gasteiger charge is 2.50. The van der Waals surface area contributed by atoms with Crippen molar-refractivity contribution in [3.8, 4) is 0 Å². The lowest BCUT2D eigenvalue weighted by molar-refractivity contribution is 0.372. The van der Waals surface area contributed by atoms with Crippen molar-refractivity contribution < 1.29 is 4.74 Å². The normalized spacial score (nSPS) is 23.4. The maximum Gasteiger partial charge on any atom is 0.0911 e. The Kier molecular flexibility index (Phi) is 3.53. The molecular weight excluding hydrogens is 260 g/mol. The molecule has 1 nitrogen and oxygen atoms in total. The zero-order valence-electron chi connectivity index (χ0n) is 12.4. The van der Waals surface area contributed by atoms with Gasteiger partial charge in [0, 0.05) is 5.54 Å². The van der Waals surface area contributed by atoms with Crippen LogP contribution >= 0.6 is 0 Å². The molecule has 0 N–H and O–H groups in total. The van der Waals surface area contributed by atoms with Gasteiger partial charge in [0.1, 0.15) is 0 Å². The van der Waals surface area contributed by atoms with Crippen molar-refractivity contribution in [1.29, 1.82) is 0 Å². The Bertz CT molecular complexity index is 564. The van der Waals surface area contributed by atoms with Gasteiger partial charge in [-0.15, -0.1) is 0 Å². The van der Waals surface area contributed by atoms with E-state index in [4.69, 9.17) is 4.74 Å². The van der Waals surface area contributed by atoms with Crippen molar-refractivity contribution in [1.82, 2.24) is 0 Å². The molecule has 1 fully saturated rings. The highest BCUT2D eigenvalue weighted by Crippen LogP contribution is 2.41. The van der Waals surface area contributed by atoms with Gasteiger partial charge in [-0.2, -0.15) is 0 Å². The summed E-state index contributed by atoms with van der Waals surface area (Å²) in [4.78, 5) is 0. The molecule has 1 aliphatic rings. The second-order valence-corrected chi connectivity index (χ2v) is 10.9. The fourth-order valence-electron chi connectivity index (χ4n) is 3.28. The molecule has 104 valence electrons.